The summed E-state index contributed by atoms with van der Waals surface area (Å²) in [6.07, 6.45) is 0. The Morgan fingerprint density at radius 2 is 1.00 bits per heavy atom. The van der Waals surface area contributed by atoms with Gasteiger partial charge in [-0.1, -0.05) is 86.5 Å². The summed E-state index contributed by atoms with van der Waals surface area (Å²) in [6.45, 7) is 9.44. The zero-order valence-electron chi connectivity index (χ0n) is 11.1. The Balaban J connectivity index is 3.07. The minimum absolute atomic E-state index is 0.269. The topological polar surface area (TPSA) is 0 Å². The van der Waals surface area contributed by atoms with E-state index in [1.165, 1.54) is 24.2 Å². The second-order valence-corrected chi connectivity index (χ2v) is 10.5. The van der Waals surface area contributed by atoms with Crippen LogP contribution in [0.5, 0.6) is 0 Å². The van der Waals surface area contributed by atoms with Gasteiger partial charge in [-0.15, -0.1) is 0 Å². The molecule has 1 rings (SSSR count). The van der Waals surface area contributed by atoms with Crippen molar-refractivity contribution >= 4 is 28.0 Å². The van der Waals surface area contributed by atoms with Crippen LogP contribution in [0.4, 0.5) is 0 Å². The summed E-state index contributed by atoms with van der Waals surface area (Å²) in [4.78, 5) is 0. The smallest absolute Gasteiger partial charge is 0.0677 e. The molecule has 0 N–H and O–H groups in total. The quantitative estimate of drug-likeness (QED) is 0.679. The highest BCUT2D eigenvalue weighted by atomic mass is 28.3. The van der Waals surface area contributed by atoms with Gasteiger partial charge in [0.05, 0.1) is 17.6 Å². The molecule has 2 heteroatoms. The molecule has 2 radical (unpaired) electrons. The Morgan fingerprint density at radius 1 is 0.688 bits per heavy atom. The van der Waals surface area contributed by atoms with Crippen LogP contribution in [-0.4, -0.2) is 17.6 Å². The van der Waals surface area contributed by atoms with E-state index in [2.05, 4.69) is 52.0 Å². The average molecular weight is 249 g/mol. The van der Waals surface area contributed by atoms with E-state index in [-0.39, 0.29) is 17.6 Å². The van der Waals surface area contributed by atoms with E-state index < -0.39 is 0 Å². The molecule has 0 spiro atoms. The van der Waals surface area contributed by atoms with Gasteiger partial charge in [0.2, 0.25) is 0 Å². The summed E-state index contributed by atoms with van der Waals surface area (Å²) in [5.41, 5.74) is 0. The van der Waals surface area contributed by atoms with Crippen molar-refractivity contribution in [3.05, 3.63) is 24.3 Å². The van der Waals surface area contributed by atoms with Crippen LogP contribution in [-0.2, 0) is 0 Å². The molecule has 0 saturated carbocycles. The molecular formula is C14H24Si2. The molecular weight excluding hydrogens is 224 g/mol. The highest BCUT2D eigenvalue weighted by Gasteiger charge is 2.18. The summed E-state index contributed by atoms with van der Waals surface area (Å²) in [5.74, 6) is 0. The van der Waals surface area contributed by atoms with E-state index in [4.69, 9.17) is 0 Å². The maximum atomic E-state index is 2.41. The lowest BCUT2D eigenvalue weighted by molar-refractivity contribution is 1.32. The van der Waals surface area contributed by atoms with Crippen molar-refractivity contribution in [2.24, 2.45) is 0 Å². The van der Waals surface area contributed by atoms with Crippen molar-refractivity contribution in [1.29, 1.82) is 0 Å². The second-order valence-electron chi connectivity index (χ2n) is 4.17. The van der Waals surface area contributed by atoms with E-state index in [0.717, 1.165) is 0 Å². The summed E-state index contributed by atoms with van der Waals surface area (Å²) in [5, 5.41) is 3.49. The minimum Gasteiger partial charge on any atom is -0.0677 e. The van der Waals surface area contributed by atoms with Gasteiger partial charge in [-0.05, 0) is 0 Å². The van der Waals surface area contributed by atoms with Gasteiger partial charge in [0.1, 0.15) is 0 Å². The maximum Gasteiger partial charge on any atom is 0.0849 e. The molecule has 0 aliphatic rings. The van der Waals surface area contributed by atoms with Gasteiger partial charge in [-0.2, -0.15) is 0 Å². The third-order valence-corrected chi connectivity index (χ3v) is 9.46. The van der Waals surface area contributed by atoms with Gasteiger partial charge < -0.3 is 0 Å². The van der Waals surface area contributed by atoms with Gasteiger partial charge in [-0.25, -0.2) is 0 Å². The molecule has 1 aromatic rings. The molecule has 16 heavy (non-hydrogen) atoms. The molecule has 0 atom stereocenters. The number of benzene rings is 1. The fraction of sp³-hybridized carbons (Fsp3) is 0.571. The van der Waals surface area contributed by atoms with Gasteiger partial charge >= 0.3 is 0 Å². The third-order valence-electron chi connectivity index (χ3n) is 3.40. The molecule has 0 nitrogen and oxygen atoms in total. The van der Waals surface area contributed by atoms with Crippen molar-refractivity contribution in [3.8, 4) is 0 Å². The predicted octanol–water partition coefficient (Wildman–Crippen LogP) is 3.17. The molecule has 0 aliphatic heterocycles. The molecule has 0 aromatic heterocycles. The Kier molecular flexibility index (Phi) is 6.06. The Morgan fingerprint density at radius 3 is 1.25 bits per heavy atom. The molecule has 1 aromatic carbocycles. The molecule has 0 fully saturated rings. The van der Waals surface area contributed by atoms with Gasteiger partial charge in [0.25, 0.3) is 0 Å². The van der Waals surface area contributed by atoms with E-state index in [1.54, 1.807) is 10.4 Å². The lowest BCUT2D eigenvalue weighted by Gasteiger charge is -2.20. The first-order valence-electron chi connectivity index (χ1n) is 6.57. The first-order chi connectivity index (χ1) is 7.78. The standard InChI is InChI=1S/C14H24Si2/c1-5-15(6-2)13-11-9-10-12-14(13)16(7-3)8-4/h9-12H,5-8H2,1-4H3. The van der Waals surface area contributed by atoms with Gasteiger partial charge in [0, 0.05) is 0 Å². The zero-order chi connectivity index (χ0) is 12.0. The second kappa shape index (κ2) is 7.07. The Hall–Kier alpha value is -0.346. The highest BCUT2D eigenvalue weighted by molar-refractivity contribution is 6.84. The lowest BCUT2D eigenvalue weighted by atomic mass is 10.4. The summed E-state index contributed by atoms with van der Waals surface area (Å²) in [6, 6.07) is 14.8. The van der Waals surface area contributed by atoms with Crippen LogP contribution in [0.25, 0.3) is 0 Å². The fourth-order valence-corrected chi connectivity index (χ4v) is 7.54. The number of rotatable bonds is 6. The minimum atomic E-state index is -0.269. The lowest BCUT2D eigenvalue weighted by Crippen LogP contribution is -2.47. The van der Waals surface area contributed by atoms with Crippen molar-refractivity contribution in [2.45, 2.75) is 51.9 Å². The highest BCUT2D eigenvalue weighted by Crippen LogP contribution is 2.03. The van der Waals surface area contributed by atoms with E-state index in [9.17, 15) is 0 Å². The van der Waals surface area contributed by atoms with E-state index in [1.807, 2.05) is 0 Å². The predicted molar refractivity (Wildman–Crippen MR) is 79.1 cm³/mol. The third kappa shape index (κ3) is 3.08. The maximum absolute atomic E-state index is 2.41. The average Bonchev–Trinajstić information content (AvgIpc) is 2.34. The van der Waals surface area contributed by atoms with Gasteiger partial charge in [-0.3, -0.25) is 0 Å². The summed E-state index contributed by atoms with van der Waals surface area (Å²) < 4.78 is 0. The molecule has 0 amide bonds. The molecule has 0 bridgehead atoms. The molecule has 0 saturated heterocycles. The van der Waals surface area contributed by atoms with Crippen LogP contribution >= 0.6 is 0 Å². The van der Waals surface area contributed by atoms with Crippen LogP contribution in [0, 0.1) is 0 Å². The fourth-order valence-electron chi connectivity index (χ4n) is 2.36. The summed E-state index contributed by atoms with van der Waals surface area (Å²) >= 11 is 0. The van der Waals surface area contributed by atoms with E-state index >= 15 is 0 Å². The first kappa shape index (κ1) is 13.7. The van der Waals surface area contributed by atoms with Crippen LogP contribution in [0.15, 0.2) is 24.3 Å². The van der Waals surface area contributed by atoms with Crippen molar-refractivity contribution in [1.82, 2.24) is 0 Å². The van der Waals surface area contributed by atoms with Crippen LogP contribution < -0.4 is 10.4 Å². The number of hydrogen-bond donors (Lipinski definition) is 0. The number of hydrogen-bond acceptors (Lipinski definition) is 0. The van der Waals surface area contributed by atoms with Crippen molar-refractivity contribution in [2.75, 3.05) is 0 Å². The van der Waals surface area contributed by atoms with E-state index in [0.29, 0.717) is 0 Å². The Labute approximate surface area is 104 Å². The van der Waals surface area contributed by atoms with Crippen molar-refractivity contribution < 1.29 is 0 Å². The molecule has 0 heterocycles. The summed E-state index contributed by atoms with van der Waals surface area (Å²) in [7, 11) is -0.539. The Bertz CT molecular complexity index is 270. The van der Waals surface area contributed by atoms with Crippen molar-refractivity contribution in [3.63, 3.8) is 0 Å². The van der Waals surface area contributed by atoms with Crippen LogP contribution in [0.3, 0.4) is 0 Å². The largest absolute Gasteiger partial charge is 0.0849 e. The van der Waals surface area contributed by atoms with Crippen LogP contribution in [0.2, 0.25) is 24.2 Å². The molecule has 0 aliphatic carbocycles. The monoisotopic (exact) mass is 248 g/mol. The SMILES string of the molecule is CC[Si](CC)c1ccccc1[Si](CC)CC. The first-order valence-corrected chi connectivity index (χ1v) is 10.4. The zero-order valence-corrected chi connectivity index (χ0v) is 13.1. The van der Waals surface area contributed by atoms with Crippen LogP contribution in [0.1, 0.15) is 27.7 Å². The normalized spacial score (nSPS) is 11.4. The van der Waals surface area contributed by atoms with Gasteiger partial charge in [0.15, 0.2) is 0 Å². The molecule has 88 valence electrons. The molecule has 0 unspecified atom stereocenters.